The zero-order chi connectivity index (χ0) is 13.9. The average molecular weight is 274 g/mol. The SMILES string of the molecule is CCc1nc(-c2ccccc2)sc1CNC(C)(C)C. The van der Waals surface area contributed by atoms with Crippen LogP contribution in [0.2, 0.25) is 0 Å². The quantitative estimate of drug-likeness (QED) is 0.901. The highest BCUT2D eigenvalue weighted by Crippen LogP contribution is 2.28. The van der Waals surface area contributed by atoms with Crippen LogP contribution in [0, 0.1) is 0 Å². The van der Waals surface area contributed by atoms with Gasteiger partial charge in [0.1, 0.15) is 5.01 Å². The third-order valence-corrected chi connectivity index (χ3v) is 4.06. The molecule has 0 unspecified atom stereocenters. The van der Waals surface area contributed by atoms with Gasteiger partial charge < -0.3 is 5.32 Å². The molecular weight excluding hydrogens is 252 g/mol. The molecule has 1 aromatic carbocycles. The van der Waals surface area contributed by atoms with E-state index in [1.165, 1.54) is 16.1 Å². The van der Waals surface area contributed by atoms with Crippen molar-refractivity contribution in [1.29, 1.82) is 0 Å². The van der Waals surface area contributed by atoms with Gasteiger partial charge in [0.15, 0.2) is 0 Å². The first-order valence-corrected chi connectivity index (χ1v) is 7.60. The molecule has 1 N–H and O–H groups in total. The first-order chi connectivity index (χ1) is 8.99. The van der Waals surface area contributed by atoms with Crippen LogP contribution in [-0.2, 0) is 13.0 Å². The maximum absolute atomic E-state index is 4.78. The lowest BCUT2D eigenvalue weighted by atomic mass is 10.1. The predicted molar refractivity (Wildman–Crippen MR) is 83.5 cm³/mol. The Kier molecular flexibility index (Phi) is 4.38. The van der Waals surface area contributed by atoms with Gasteiger partial charge in [0.2, 0.25) is 0 Å². The lowest BCUT2D eigenvalue weighted by Crippen LogP contribution is -2.35. The fraction of sp³-hybridized carbons (Fsp3) is 0.438. The molecule has 2 aromatic rings. The second-order valence-corrected chi connectivity index (χ2v) is 6.80. The van der Waals surface area contributed by atoms with Gasteiger partial charge in [0.05, 0.1) is 5.69 Å². The van der Waals surface area contributed by atoms with Crippen molar-refractivity contribution in [3.05, 3.63) is 40.9 Å². The molecule has 0 aliphatic rings. The summed E-state index contributed by atoms with van der Waals surface area (Å²) >= 11 is 1.80. The van der Waals surface area contributed by atoms with E-state index in [0.29, 0.717) is 0 Å². The average Bonchev–Trinajstić information content (AvgIpc) is 2.80. The van der Waals surface area contributed by atoms with Crippen molar-refractivity contribution < 1.29 is 0 Å². The van der Waals surface area contributed by atoms with E-state index >= 15 is 0 Å². The van der Waals surface area contributed by atoms with E-state index < -0.39 is 0 Å². The summed E-state index contributed by atoms with van der Waals surface area (Å²) in [5, 5.41) is 4.68. The van der Waals surface area contributed by atoms with Gasteiger partial charge in [-0.25, -0.2) is 4.98 Å². The molecule has 0 bridgehead atoms. The van der Waals surface area contributed by atoms with Crippen molar-refractivity contribution in [2.24, 2.45) is 0 Å². The highest BCUT2D eigenvalue weighted by Gasteiger charge is 2.14. The standard InChI is InChI=1S/C16H22N2S/c1-5-13-14(11-17-16(2,3)4)19-15(18-13)12-9-7-6-8-10-12/h6-10,17H,5,11H2,1-4H3. The summed E-state index contributed by atoms with van der Waals surface area (Å²) in [6, 6.07) is 10.4. The summed E-state index contributed by atoms with van der Waals surface area (Å²) in [4.78, 5) is 6.14. The van der Waals surface area contributed by atoms with Crippen molar-refractivity contribution in [2.75, 3.05) is 0 Å². The lowest BCUT2D eigenvalue weighted by Gasteiger charge is -2.20. The van der Waals surface area contributed by atoms with Crippen molar-refractivity contribution in [2.45, 2.75) is 46.2 Å². The molecule has 3 heteroatoms. The van der Waals surface area contributed by atoms with Crippen LogP contribution in [0.15, 0.2) is 30.3 Å². The van der Waals surface area contributed by atoms with E-state index in [1.54, 1.807) is 11.3 Å². The molecule has 0 spiro atoms. The van der Waals surface area contributed by atoms with Gasteiger partial charge >= 0.3 is 0 Å². The summed E-state index contributed by atoms with van der Waals surface area (Å²) in [5.74, 6) is 0. The van der Waals surface area contributed by atoms with Crippen LogP contribution in [0.1, 0.15) is 38.3 Å². The Morgan fingerprint density at radius 3 is 2.42 bits per heavy atom. The minimum atomic E-state index is 0.141. The van der Waals surface area contributed by atoms with Crippen LogP contribution in [-0.4, -0.2) is 10.5 Å². The number of thiazole rings is 1. The van der Waals surface area contributed by atoms with Gasteiger partial charge in [-0.3, -0.25) is 0 Å². The van der Waals surface area contributed by atoms with E-state index in [2.05, 4.69) is 57.3 Å². The first-order valence-electron chi connectivity index (χ1n) is 6.78. The summed E-state index contributed by atoms with van der Waals surface area (Å²) in [5.41, 5.74) is 2.58. The molecule has 0 saturated heterocycles. The van der Waals surface area contributed by atoms with E-state index in [-0.39, 0.29) is 5.54 Å². The molecule has 102 valence electrons. The number of nitrogens with zero attached hydrogens (tertiary/aromatic N) is 1. The minimum absolute atomic E-state index is 0.141. The maximum Gasteiger partial charge on any atom is 0.123 e. The Morgan fingerprint density at radius 2 is 1.84 bits per heavy atom. The summed E-state index contributed by atoms with van der Waals surface area (Å²) < 4.78 is 0. The molecule has 0 saturated carbocycles. The van der Waals surface area contributed by atoms with Gasteiger partial charge in [0.25, 0.3) is 0 Å². The maximum atomic E-state index is 4.78. The van der Waals surface area contributed by atoms with Crippen LogP contribution in [0.3, 0.4) is 0 Å². The summed E-state index contributed by atoms with van der Waals surface area (Å²) in [6.45, 7) is 9.65. The van der Waals surface area contributed by atoms with Crippen LogP contribution in [0.5, 0.6) is 0 Å². The van der Waals surface area contributed by atoms with E-state index in [4.69, 9.17) is 4.98 Å². The lowest BCUT2D eigenvalue weighted by molar-refractivity contribution is 0.425. The summed E-state index contributed by atoms with van der Waals surface area (Å²) in [7, 11) is 0. The Hall–Kier alpha value is -1.19. The van der Waals surface area contributed by atoms with Crippen molar-refractivity contribution in [1.82, 2.24) is 10.3 Å². The fourth-order valence-electron chi connectivity index (χ4n) is 1.85. The number of benzene rings is 1. The van der Waals surface area contributed by atoms with E-state index in [0.717, 1.165) is 18.0 Å². The van der Waals surface area contributed by atoms with Gasteiger partial charge in [-0.1, -0.05) is 37.3 Å². The van der Waals surface area contributed by atoms with Crippen molar-refractivity contribution in [3.8, 4) is 10.6 Å². The van der Waals surface area contributed by atoms with Gasteiger partial charge in [-0.05, 0) is 27.2 Å². The molecule has 1 heterocycles. The number of hydrogen-bond acceptors (Lipinski definition) is 3. The molecule has 0 radical (unpaired) electrons. The van der Waals surface area contributed by atoms with Gasteiger partial charge in [-0.2, -0.15) is 0 Å². The Morgan fingerprint density at radius 1 is 1.16 bits per heavy atom. The second-order valence-electron chi connectivity index (χ2n) is 5.71. The topological polar surface area (TPSA) is 24.9 Å². The largest absolute Gasteiger partial charge is 0.307 e. The molecule has 2 nitrogen and oxygen atoms in total. The normalized spacial score (nSPS) is 11.8. The molecule has 0 aliphatic carbocycles. The number of aromatic nitrogens is 1. The number of hydrogen-bond donors (Lipinski definition) is 1. The molecular formula is C16H22N2S. The fourth-order valence-corrected chi connectivity index (χ4v) is 2.94. The number of nitrogens with one attached hydrogen (secondary N) is 1. The predicted octanol–water partition coefficient (Wildman–Crippen LogP) is 4.26. The smallest absolute Gasteiger partial charge is 0.123 e. The van der Waals surface area contributed by atoms with Crippen LogP contribution < -0.4 is 5.32 Å². The highest BCUT2D eigenvalue weighted by molar-refractivity contribution is 7.15. The zero-order valence-electron chi connectivity index (χ0n) is 12.2. The van der Waals surface area contributed by atoms with Crippen LogP contribution in [0.4, 0.5) is 0 Å². The summed E-state index contributed by atoms with van der Waals surface area (Å²) in [6.07, 6.45) is 0.991. The Balaban J connectivity index is 2.23. The highest BCUT2D eigenvalue weighted by atomic mass is 32.1. The van der Waals surface area contributed by atoms with E-state index in [9.17, 15) is 0 Å². The molecule has 1 aromatic heterocycles. The van der Waals surface area contributed by atoms with Crippen LogP contribution >= 0.6 is 11.3 Å². The molecule has 2 rings (SSSR count). The Labute approximate surface area is 119 Å². The Bertz CT molecular complexity index is 523. The molecule has 0 aliphatic heterocycles. The van der Waals surface area contributed by atoms with Crippen molar-refractivity contribution in [3.63, 3.8) is 0 Å². The number of aryl methyl sites for hydroxylation is 1. The second kappa shape index (κ2) is 5.85. The first kappa shape index (κ1) is 14.2. The molecule has 0 fully saturated rings. The molecule has 0 amide bonds. The van der Waals surface area contributed by atoms with Crippen molar-refractivity contribution >= 4 is 11.3 Å². The van der Waals surface area contributed by atoms with Gasteiger partial charge in [-0.15, -0.1) is 11.3 Å². The monoisotopic (exact) mass is 274 g/mol. The molecule has 19 heavy (non-hydrogen) atoms. The third-order valence-electron chi connectivity index (χ3n) is 2.91. The molecule has 0 atom stereocenters. The number of rotatable bonds is 4. The minimum Gasteiger partial charge on any atom is -0.307 e. The van der Waals surface area contributed by atoms with Crippen LogP contribution in [0.25, 0.3) is 10.6 Å². The van der Waals surface area contributed by atoms with Gasteiger partial charge in [0, 0.05) is 22.5 Å². The third kappa shape index (κ3) is 3.88. The zero-order valence-corrected chi connectivity index (χ0v) is 13.0. The van der Waals surface area contributed by atoms with E-state index in [1.807, 2.05) is 6.07 Å².